The van der Waals surface area contributed by atoms with Gasteiger partial charge in [-0.05, 0) is 51.0 Å². The van der Waals surface area contributed by atoms with E-state index in [1.165, 1.54) is 12.8 Å². The summed E-state index contributed by atoms with van der Waals surface area (Å²) in [6.07, 6.45) is 6.11. The predicted molar refractivity (Wildman–Crippen MR) is 88.5 cm³/mol. The molecule has 1 fully saturated rings. The first-order valence-corrected chi connectivity index (χ1v) is 7.84. The molecule has 0 aliphatic carbocycles. The molecular weight excluding hydrogens is 276 g/mol. The summed E-state index contributed by atoms with van der Waals surface area (Å²) in [5.41, 5.74) is 1.39. The van der Waals surface area contributed by atoms with E-state index in [1.54, 1.807) is 6.20 Å². The maximum absolute atomic E-state index is 12.4. The maximum atomic E-state index is 12.4. The van der Waals surface area contributed by atoms with Crippen LogP contribution in [0.4, 0.5) is 11.5 Å². The number of hydrogen-bond acceptors (Lipinski definition) is 3. The Bertz CT molecular complexity index is 639. The molecule has 5 heteroatoms. The molecule has 1 aliphatic heterocycles. The van der Waals surface area contributed by atoms with Gasteiger partial charge in [0.1, 0.15) is 11.5 Å². The Morgan fingerprint density at radius 1 is 1.23 bits per heavy atom. The molecule has 3 rings (SSSR count). The average Bonchev–Trinajstić information content (AvgIpc) is 3.19. The lowest BCUT2D eigenvalue weighted by Gasteiger charge is -2.16. The number of amides is 1. The van der Waals surface area contributed by atoms with Crippen LogP contribution in [0.3, 0.4) is 0 Å². The first-order valence-electron chi connectivity index (χ1n) is 7.84. The smallest absolute Gasteiger partial charge is 0.272 e. The Kier molecular flexibility index (Phi) is 4.13. The van der Waals surface area contributed by atoms with Crippen molar-refractivity contribution >= 4 is 17.4 Å². The van der Waals surface area contributed by atoms with E-state index in [9.17, 15) is 4.79 Å². The fourth-order valence-electron chi connectivity index (χ4n) is 2.82. The summed E-state index contributed by atoms with van der Waals surface area (Å²) in [5, 5.41) is 2.92. The number of anilines is 2. The molecule has 0 bridgehead atoms. The molecule has 1 saturated heterocycles. The van der Waals surface area contributed by atoms with Gasteiger partial charge < -0.3 is 14.8 Å². The molecule has 0 spiro atoms. The third-order valence-electron chi connectivity index (χ3n) is 4.00. The van der Waals surface area contributed by atoms with Gasteiger partial charge >= 0.3 is 0 Å². The van der Waals surface area contributed by atoms with Crippen LogP contribution in [-0.2, 0) is 0 Å². The molecule has 22 heavy (non-hydrogen) atoms. The zero-order valence-corrected chi connectivity index (χ0v) is 13.1. The molecule has 0 atom stereocenters. The zero-order valence-electron chi connectivity index (χ0n) is 13.1. The van der Waals surface area contributed by atoms with Gasteiger partial charge in [-0.2, -0.15) is 0 Å². The monoisotopic (exact) mass is 298 g/mol. The summed E-state index contributed by atoms with van der Waals surface area (Å²) in [6, 6.07) is 7.88. The molecule has 0 saturated carbocycles. The number of hydrogen-bond donors (Lipinski definition) is 1. The van der Waals surface area contributed by atoms with E-state index in [2.05, 4.69) is 29.0 Å². The van der Waals surface area contributed by atoms with E-state index in [4.69, 9.17) is 0 Å². The second-order valence-electron chi connectivity index (χ2n) is 5.95. The van der Waals surface area contributed by atoms with Crippen molar-refractivity contribution in [2.75, 3.05) is 23.3 Å². The highest BCUT2D eigenvalue weighted by Gasteiger charge is 2.15. The first-order chi connectivity index (χ1) is 10.6. The third-order valence-corrected chi connectivity index (χ3v) is 4.00. The zero-order chi connectivity index (χ0) is 15.5. The first kappa shape index (κ1) is 14.6. The SMILES string of the molecule is CC(C)n1cccc1C(=O)Nc1ccc(N2CCCC2)nc1. The highest BCUT2D eigenvalue weighted by molar-refractivity contribution is 6.03. The Labute approximate surface area is 131 Å². The van der Waals surface area contributed by atoms with Crippen molar-refractivity contribution in [3.63, 3.8) is 0 Å². The fourth-order valence-corrected chi connectivity index (χ4v) is 2.82. The van der Waals surface area contributed by atoms with Crippen LogP contribution in [-0.4, -0.2) is 28.5 Å². The van der Waals surface area contributed by atoms with Gasteiger partial charge in [0.05, 0.1) is 11.9 Å². The van der Waals surface area contributed by atoms with Gasteiger partial charge in [0, 0.05) is 25.3 Å². The Hall–Kier alpha value is -2.30. The van der Waals surface area contributed by atoms with Crippen LogP contribution >= 0.6 is 0 Å². The number of pyridine rings is 1. The largest absolute Gasteiger partial charge is 0.357 e. The predicted octanol–water partition coefficient (Wildman–Crippen LogP) is 3.32. The molecule has 3 heterocycles. The molecule has 0 unspecified atom stereocenters. The van der Waals surface area contributed by atoms with E-state index >= 15 is 0 Å². The highest BCUT2D eigenvalue weighted by atomic mass is 16.1. The number of nitrogens with one attached hydrogen (secondary N) is 1. The van der Waals surface area contributed by atoms with Crippen molar-refractivity contribution < 1.29 is 4.79 Å². The van der Waals surface area contributed by atoms with Crippen LogP contribution in [0.15, 0.2) is 36.7 Å². The van der Waals surface area contributed by atoms with Crippen LogP contribution in [0, 0.1) is 0 Å². The van der Waals surface area contributed by atoms with Crippen molar-refractivity contribution in [3.05, 3.63) is 42.4 Å². The summed E-state index contributed by atoms with van der Waals surface area (Å²) in [5.74, 6) is 0.885. The average molecular weight is 298 g/mol. The van der Waals surface area contributed by atoms with Crippen LogP contribution < -0.4 is 10.2 Å². The fraction of sp³-hybridized carbons (Fsp3) is 0.412. The third kappa shape index (κ3) is 2.98. The lowest BCUT2D eigenvalue weighted by molar-refractivity contribution is 0.101. The van der Waals surface area contributed by atoms with Crippen molar-refractivity contribution in [1.29, 1.82) is 0 Å². The molecule has 1 aliphatic rings. The van der Waals surface area contributed by atoms with E-state index in [-0.39, 0.29) is 11.9 Å². The number of carbonyl (C=O) groups is 1. The number of carbonyl (C=O) groups excluding carboxylic acids is 1. The van der Waals surface area contributed by atoms with E-state index in [1.807, 2.05) is 35.0 Å². The molecule has 116 valence electrons. The van der Waals surface area contributed by atoms with Gasteiger partial charge in [-0.15, -0.1) is 0 Å². The Morgan fingerprint density at radius 2 is 2.00 bits per heavy atom. The summed E-state index contributed by atoms with van der Waals surface area (Å²) < 4.78 is 1.96. The second kappa shape index (κ2) is 6.22. The standard InChI is InChI=1S/C17H22N4O/c1-13(2)21-11-5-6-15(21)17(22)19-14-7-8-16(18-12-14)20-9-3-4-10-20/h5-8,11-13H,3-4,9-10H2,1-2H3,(H,19,22). The minimum atomic E-state index is -0.102. The van der Waals surface area contributed by atoms with Gasteiger partial charge in [0.25, 0.3) is 5.91 Å². The van der Waals surface area contributed by atoms with Crippen molar-refractivity contribution in [1.82, 2.24) is 9.55 Å². The topological polar surface area (TPSA) is 50.2 Å². The number of rotatable bonds is 4. The van der Waals surface area contributed by atoms with Gasteiger partial charge in [0.15, 0.2) is 0 Å². The van der Waals surface area contributed by atoms with Crippen molar-refractivity contribution in [2.24, 2.45) is 0 Å². The highest BCUT2D eigenvalue weighted by Crippen LogP contribution is 2.20. The summed E-state index contributed by atoms with van der Waals surface area (Å²) in [6.45, 7) is 6.26. The van der Waals surface area contributed by atoms with Gasteiger partial charge in [-0.25, -0.2) is 4.98 Å². The van der Waals surface area contributed by atoms with Gasteiger partial charge in [0.2, 0.25) is 0 Å². The molecule has 1 amide bonds. The van der Waals surface area contributed by atoms with E-state index < -0.39 is 0 Å². The van der Waals surface area contributed by atoms with Crippen LogP contribution in [0.2, 0.25) is 0 Å². The molecule has 1 N–H and O–H groups in total. The Morgan fingerprint density at radius 3 is 2.64 bits per heavy atom. The lowest BCUT2D eigenvalue weighted by Crippen LogP contribution is -2.20. The minimum Gasteiger partial charge on any atom is -0.357 e. The minimum absolute atomic E-state index is 0.102. The van der Waals surface area contributed by atoms with E-state index in [0.29, 0.717) is 5.69 Å². The quantitative estimate of drug-likeness (QED) is 0.942. The summed E-state index contributed by atoms with van der Waals surface area (Å²) in [7, 11) is 0. The number of aromatic nitrogens is 2. The van der Waals surface area contributed by atoms with Crippen LogP contribution in [0.1, 0.15) is 43.2 Å². The summed E-state index contributed by atoms with van der Waals surface area (Å²) >= 11 is 0. The van der Waals surface area contributed by atoms with Gasteiger partial charge in [-0.1, -0.05) is 0 Å². The lowest BCUT2D eigenvalue weighted by atomic mass is 10.3. The molecule has 2 aromatic rings. The van der Waals surface area contributed by atoms with Crippen LogP contribution in [0.25, 0.3) is 0 Å². The van der Waals surface area contributed by atoms with Crippen molar-refractivity contribution in [3.8, 4) is 0 Å². The Balaban J connectivity index is 1.70. The molecule has 2 aromatic heterocycles. The molecule has 0 radical (unpaired) electrons. The van der Waals surface area contributed by atoms with Crippen LogP contribution in [0.5, 0.6) is 0 Å². The molecule has 5 nitrogen and oxygen atoms in total. The molecular formula is C17H22N4O. The van der Waals surface area contributed by atoms with Crippen molar-refractivity contribution in [2.45, 2.75) is 32.7 Å². The van der Waals surface area contributed by atoms with E-state index in [0.717, 1.165) is 24.6 Å². The summed E-state index contributed by atoms with van der Waals surface area (Å²) in [4.78, 5) is 19.1. The van der Waals surface area contributed by atoms with Gasteiger partial charge in [-0.3, -0.25) is 4.79 Å². The molecule has 0 aromatic carbocycles. The maximum Gasteiger partial charge on any atom is 0.272 e. The second-order valence-corrected chi connectivity index (χ2v) is 5.95. The normalized spacial score (nSPS) is 14.6. The number of nitrogens with zero attached hydrogens (tertiary/aromatic N) is 3.